The molecule has 2 unspecified atom stereocenters. The summed E-state index contributed by atoms with van der Waals surface area (Å²) < 4.78 is 28.0. The van der Waals surface area contributed by atoms with Crippen LogP contribution in [0.25, 0.3) is 0 Å². The summed E-state index contributed by atoms with van der Waals surface area (Å²) in [4.78, 5) is 0. The quantitative estimate of drug-likeness (QED) is 0.884. The highest BCUT2D eigenvalue weighted by molar-refractivity contribution is 7.91. The molecule has 1 aromatic carbocycles. The van der Waals surface area contributed by atoms with E-state index in [9.17, 15) is 8.42 Å². The average molecular weight is 283 g/mol. The van der Waals surface area contributed by atoms with Crippen LogP contribution in [0.15, 0.2) is 24.3 Å². The Kier molecular flexibility index (Phi) is 4.60. The van der Waals surface area contributed by atoms with Gasteiger partial charge in [-0.2, -0.15) is 0 Å². The summed E-state index contributed by atoms with van der Waals surface area (Å²) in [5.74, 6) is 0.548. The molecule has 2 rings (SSSR count). The topological polar surface area (TPSA) is 69.4 Å². The van der Waals surface area contributed by atoms with Gasteiger partial charge in [0.15, 0.2) is 9.84 Å². The van der Waals surface area contributed by atoms with Crippen molar-refractivity contribution < 1.29 is 13.2 Å². The molecular formula is C14H21NO3S. The zero-order chi connectivity index (χ0) is 13.9. The number of hydrogen-bond acceptors (Lipinski definition) is 4. The van der Waals surface area contributed by atoms with Crippen LogP contribution in [0.1, 0.15) is 23.6 Å². The molecule has 4 nitrogen and oxygen atoms in total. The van der Waals surface area contributed by atoms with E-state index >= 15 is 0 Å². The smallest absolute Gasteiger partial charge is 0.150 e. The lowest BCUT2D eigenvalue weighted by Crippen LogP contribution is -2.22. The summed E-state index contributed by atoms with van der Waals surface area (Å²) in [6, 6.07) is 7.89. The molecule has 0 aliphatic carbocycles. The molecule has 0 amide bonds. The molecule has 0 radical (unpaired) electrons. The van der Waals surface area contributed by atoms with Crippen molar-refractivity contribution in [3.05, 3.63) is 35.4 Å². The first kappa shape index (κ1) is 14.5. The zero-order valence-electron chi connectivity index (χ0n) is 11.2. The Bertz CT molecular complexity index is 510. The summed E-state index contributed by atoms with van der Waals surface area (Å²) in [6.45, 7) is 0.701. The van der Waals surface area contributed by atoms with Gasteiger partial charge in [0.25, 0.3) is 0 Å². The molecule has 0 saturated carbocycles. The third kappa shape index (κ3) is 3.78. The molecule has 0 aromatic heterocycles. The van der Waals surface area contributed by atoms with Gasteiger partial charge in [-0.1, -0.05) is 24.3 Å². The number of sulfone groups is 1. The van der Waals surface area contributed by atoms with Gasteiger partial charge in [-0.3, -0.25) is 0 Å². The molecular weight excluding hydrogens is 262 g/mol. The van der Waals surface area contributed by atoms with Gasteiger partial charge in [0, 0.05) is 13.2 Å². The van der Waals surface area contributed by atoms with Crippen LogP contribution < -0.4 is 5.73 Å². The second-order valence-electron chi connectivity index (χ2n) is 5.17. The van der Waals surface area contributed by atoms with Crippen molar-refractivity contribution in [2.24, 2.45) is 11.7 Å². The van der Waals surface area contributed by atoms with E-state index in [0.29, 0.717) is 13.0 Å². The molecule has 2 atom stereocenters. The highest BCUT2D eigenvalue weighted by Crippen LogP contribution is 2.29. The van der Waals surface area contributed by atoms with Gasteiger partial charge in [0.05, 0.1) is 18.1 Å². The maximum atomic E-state index is 11.5. The molecule has 1 aliphatic rings. The maximum absolute atomic E-state index is 11.5. The fourth-order valence-corrected chi connectivity index (χ4v) is 4.36. The Hall–Kier alpha value is -0.910. The summed E-state index contributed by atoms with van der Waals surface area (Å²) in [5, 5.41) is 0. The number of ether oxygens (including phenoxy) is 1. The second-order valence-corrected chi connectivity index (χ2v) is 7.40. The highest BCUT2D eigenvalue weighted by atomic mass is 32.2. The lowest BCUT2D eigenvalue weighted by molar-refractivity contribution is 0.202. The molecule has 5 heteroatoms. The van der Waals surface area contributed by atoms with Gasteiger partial charge in [-0.05, 0) is 29.9 Å². The van der Waals surface area contributed by atoms with E-state index < -0.39 is 9.84 Å². The highest BCUT2D eigenvalue weighted by Gasteiger charge is 2.32. The Morgan fingerprint density at radius 2 is 2.05 bits per heavy atom. The maximum Gasteiger partial charge on any atom is 0.150 e. The van der Waals surface area contributed by atoms with Gasteiger partial charge in [-0.15, -0.1) is 0 Å². The summed E-state index contributed by atoms with van der Waals surface area (Å²) in [7, 11) is -1.18. The predicted octanol–water partition coefficient (Wildman–Crippen LogP) is 1.31. The van der Waals surface area contributed by atoms with E-state index in [-0.39, 0.29) is 23.5 Å². The standard InChI is InChI=1S/C14H21NO3S/c1-18-8-6-11-2-4-12(5-3-11)14(15)13-7-9-19(16,17)10-13/h2-5,13-14H,6-10,15H2,1H3. The Morgan fingerprint density at radius 3 is 2.58 bits per heavy atom. The Morgan fingerprint density at radius 1 is 1.37 bits per heavy atom. The molecule has 1 aromatic rings. The number of benzene rings is 1. The fraction of sp³-hybridized carbons (Fsp3) is 0.571. The number of rotatable bonds is 5. The van der Waals surface area contributed by atoms with E-state index in [1.54, 1.807) is 7.11 Å². The van der Waals surface area contributed by atoms with Gasteiger partial charge >= 0.3 is 0 Å². The van der Waals surface area contributed by atoms with Crippen LogP contribution in [-0.4, -0.2) is 33.6 Å². The number of nitrogens with two attached hydrogens (primary N) is 1. The minimum atomic E-state index is -2.87. The third-order valence-electron chi connectivity index (χ3n) is 3.74. The van der Waals surface area contributed by atoms with Crippen molar-refractivity contribution in [3.63, 3.8) is 0 Å². The average Bonchev–Trinajstić information content (AvgIpc) is 2.76. The first-order chi connectivity index (χ1) is 9.02. The van der Waals surface area contributed by atoms with Crippen LogP contribution in [0.5, 0.6) is 0 Å². The Labute approximate surface area is 114 Å². The van der Waals surface area contributed by atoms with Crippen molar-refractivity contribution in [2.75, 3.05) is 25.2 Å². The van der Waals surface area contributed by atoms with Gasteiger partial charge in [0.2, 0.25) is 0 Å². The number of hydrogen-bond donors (Lipinski definition) is 1. The summed E-state index contributed by atoms with van der Waals surface area (Å²) in [6.07, 6.45) is 1.55. The molecule has 0 bridgehead atoms. The van der Waals surface area contributed by atoms with Crippen molar-refractivity contribution in [1.82, 2.24) is 0 Å². The molecule has 1 aliphatic heterocycles. The molecule has 19 heavy (non-hydrogen) atoms. The molecule has 2 N–H and O–H groups in total. The van der Waals surface area contributed by atoms with Gasteiger partial charge in [0.1, 0.15) is 0 Å². The van der Waals surface area contributed by atoms with Crippen LogP contribution in [0.2, 0.25) is 0 Å². The van der Waals surface area contributed by atoms with Crippen LogP contribution in [0.4, 0.5) is 0 Å². The number of methoxy groups -OCH3 is 1. The fourth-order valence-electron chi connectivity index (χ4n) is 2.51. The summed E-state index contributed by atoms with van der Waals surface area (Å²) >= 11 is 0. The van der Waals surface area contributed by atoms with E-state index in [1.807, 2.05) is 24.3 Å². The van der Waals surface area contributed by atoms with Crippen LogP contribution in [0, 0.1) is 5.92 Å². The molecule has 1 heterocycles. The Balaban J connectivity index is 2.01. The lowest BCUT2D eigenvalue weighted by Gasteiger charge is -2.18. The van der Waals surface area contributed by atoms with Crippen LogP contribution in [0.3, 0.4) is 0 Å². The predicted molar refractivity (Wildman–Crippen MR) is 75.7 cm³/mol. The van der Waals surface area contributed by atoms with E-state index in [1.165, 1.54) is 5.56 Å². The van der Waals surface area contributed by atoms with Crippen molar-refractivity contribution >= 4 is 9.84 Å². The lowest BCUT2D eigenvalue weighted by atomic mass is 9.92. The van der Waals surface area contributed by atoms with Crippen molar-refractivity contribution in [3.8, 4) is 0 Å². The van der Waals surface area contributed by atoms with Crippen molar-refractivity contribution in [2.45, 2.75) is 18.9 Å². The molecule has 106 valence electrons. The van der Waals surface area contributed by atoms with E-state index in [0.717, 1.165) is 12.0 Å². The normalized spacial score (nSPS) is 23.4. The first-order valence-corrected chi connectivity index (χ1v) is 8.38. The van der Waals surface area contributed by atoms with E-state index in [2.05, 4.69) is 0 Å². The summed E-state index contributed by atoms with van der Waals surface area (Å²) in [5.41, 5.74) is 8.40. The van der Waals surface area contributed by atoms with Crippen molar-refractivity contribution in [1.29, 1.82) is 0 Å². The third-order valence-corrected chi connectivity index (χ3v) is 5.53. The molecule has 1 fully saturated rings. The first-order valence-electron chi connectivity index (χ1n) is 6.55. The molecule has 0 spiro atoms. The van der Waals surface area contributed by atoms with E-state index in [4.69, 9.17) is 10.5 Å². The van der Waals surface area contributed by atoms with Crippen LogP contribution >= 0.6 is 0 Å². The van der Waals surface area contributed by atoms with Gasteiger partial charge < -0.3 is 10.5 Å². The second kappa shape index (κ2) is 6.03. The minimum absolute atomic E-state index is 0.0508. The monoisotopic (exact) mass is 283 g/mol. The van der Waals surface area contributed by atoms with Gasteiger partial charge in [-0.25, -0.2) is 8.42 Å². The van der Waals surface area contributed by atoms with Crippen LogP contribution in [-0.2, 0) is 21.0 Å². The molecule has 1 saturated heterocycles. The largest absolute Gasteiger partial charge is 0.384 e. The SMILES string of the molecule is COCCc1ccc(C(N)C2CCS(=O)(=O)C2)cc1. The zero-order valence-corrected chi connectivity index (χ0v) is 12.0. The minimum Gasteiger partial charge on any atom is -0.384 e.